The van der Waals surface area contributed by atoms with Crippen molar-refractivity contribution in [3.63, 3.8) is 0 Å². The zero-order chi connectivity index (χ0) is 19.2. The van der Waals surface area contributed by atoms with E-state index in [0.717, 1.165) is 11.8 Å². The Morgan fingerprint density at radius 3 is 2.65 bits per heavy atom. The van der Waals surface area contributed by atoms with E-state index in [4.69, 9.17) is 0 Å². The Balaban J connectivity index is 2.03. The molecule has 0 spiro atoms. The molecule has 0 aliphatic carbocycles. The highest BCUT2D eigenvalue weighted by atomic mass is 19.4. The first kappa shape index (κ1) is 17.7. The molecule has 3 heterocycles. The summed E-state index contributed by atoms with van der Waals surface area (Å²) in [6, 6.07) is 1.23. The van der Waals surface area contributed by atoms with E-state index in [-0.39, 0.29) is 16.9 Å². The minimum absolute atomic E-state index is 0.106. The standard InChI is InChI=1S/C15H15F3N6O2/c1-8-6-22(2)14(26)10-11(21-23(3)12(8)10)13(25)20-9-4-5-19-24(9)7-15(16,17)18/h4-6H,7H2,1-3H3,(H,20,25). The summed E-state index contributed by atoms with van der Waals surface area (Å²) in [5.41, 5.74) is 0.638. The number of hydrogen-bond donors (Lipinski definition) is 1. The maximum absolute atomic E-state index is 12.6. The lowest BCUT2D eigenvalue weighted by Crippen LogP contribution is -2.24. The molecule has 0 radical (unpaired) electrons. The Kier molecular flexibility index (Phi) is 4.09. The van der Waals surface area contributed by atoms with Crippen molar-refractivity contribution in [3.8, 4) is 0 Å². The maximum Gasteiger partial charge on any atom is 0.408 e. The molecule has 1 amide bonds. The lowest BCUT2D eigenvalue weighted by Gasteiger charge is -2.10. The molecule has 3 aromatic heterocycles. The molecule has 3 rings (SSSR count). The van der Waals surface area contributed by atoms with Crippen LogP contribution in [0.15, 0.2) is 23.3 Å². The highest BCUT2D eigenvalue weighted by Gasteiger charge is 2.30. The van der Waals surface area contributed by atoms with Crippen molar-refractivity contribution < 1.29 is 18.0 Å². The Bertz CT molecular complexity index is 1060. The molecule has 11 heteroatoms. The van der Waals surface area contributed by atoms with E-state index >= 15 is 0 Å². The Hall–Kier alpha value is -3.11. The smallest absolute Gasteiger partial charge is 0.318 e. The molecule has 0 aromatic carbocycles. The average molecular weight is 368 g/mol. The number of aromatic nitrogens is 5. The van der Waals surface area contributed by atoms with E-state index in [9.17, 15) is 22.8 Å². The van der Waals surface area contributed by atoms with Crippen LogP contribution in [-0.4, -0.2) is 36.2 Å². The van der Waals surface area contributed by atoms with E-state index < -0.39 is 24.2 Å². The second-order valence-corrected chi connectivity index (χ2v) is 5.87. The molecule has 0 saturated heterocycles. The molecule has 26 heavy (non-hydrogen) atoms. The first-order valence-corrected chi connectivity index (χ1v) is 7.51. The minimum Gasteiger partial charge on any atom is -0.318 e. The first-order valence-electron chi connectivity index (χ1n) is 7.51. The van der Waals surface area contributed by atoms with Crippen LogP contribution in [0.1, 0.15) is 16.1 Å². The largest absolute Gasteiger partial charge is 0.408 e. The van der Waals surface area contributed by atoms with Gasteiger partial charge in [-0.05, 0) is 12.5 Å². The zero-order valence-corrected chi connectivity index (χ0v) is 14.1. The van der Waals surface area contributed by atoms with Crippen molar-refractivity contribution in [2.75, 3.05) is 5.32 Å². The number of nitrogens with zero attached hydrogens (tertiary/aromatic N) is 5. The second-order valence-electron chi connectivity index (χ2n) is 5.87. The van der Waals surface area contributed by atoms with Gasteiger partial charge >= 0.3 is 6.18 Å². The summed E-state index contributed by atoms with van der Waals surface area (Å²) in [6.07, 6.45) is -1.73. The summed E-state index contributed by atoms with van der Waals surface area (Å²) in [6.45, 7) is 0.420. The summed E-state index contributed by atoms with van der Waals surface area (Å²) >= 11 is 0. The van der Waals surface area contributed by atoms with Crippen LogP contribution in [0.4, 0.5) is 19.0 Å². The number of rotatable bonds is 3. The number of halogens is 3. The SMILES string of the molecule is Cc1cn(C)c(=O)c2c(C(=O)Nc3ccnn3CC(F)(F)F)nn(C)c12. The van der Waals surface area contributed by atoms with Crippen molar-refractivity contribution in [2.45, 2.75) is 19.6 Å². The quantitative estimate of drug-likeness (QED) is 0.761. The van der Waals surface area contributed by atoms with Gasteiger partial charge in [-0.2, -0.15) is 23.4 Å². The molecule has 0 atom stereocenters. The predicted molar refractivity (Wildman–Crippen MR) is 86.9 cm³/mol. The number of carbonyl (C=O) groups excluding carboxylic acids is 1. The van der Waals surface area contributed by atoms with Crippen LogP contribution in [0, 0.1) is 6.92 Å². The van der Waals surface area contributed by atoms with Crippen LogP contribution in [0.2, 0.25) is 0 Å². The molecule has 138 valence electrons. The van der Waals surface area contributed by atoms with Gasteiger partial charge in [-0.25, -0.2) is 4.68 Å². The van der Waals surface area contributed by atoms with Crippen LogP contribution in [0.5, 0.6) is 0 Å². The monoisotopic (exact) mass is 368 g/mol. The van der Waals surface area contributed by atoms with Gasteiger partial charge in [0.05, 0.1) is 17.1 Å². The van der Waals surface area contributed by atoms with Crippen molar-refractivity contribution in [1.82, 2.24) is 24.1 Å². The Labute approximate surface area is 144 Å². The number of aryl methyl sites for hydroxylation is 3. The van der Waals surface area contributed by atoms with Gasteiger partial charge in [-0.15, -0.1) is 0 Å². The van der Waals surface area contributed by atoms with Crippen molar-refractivity contribution in [3.05, 3.63) is 40.1 Å². The third-order valence-corrected chi connectivity index (χ3v) is 3.84. The number of carbonyl (C=O) groups is 1. The highest BCUT2D eigenvalue weighted by Crippen LogP contribution is 2.22. The predicted octanol–water partition coefficient (Wildman–Crippen LogP) is 1.59. The number of fused-ring (bicyclic) bond motifs is 1. The van der Waals surface area contributed by atoms with E-state index in [0.29, 0.717) is 10.2 Å². The van der Waals surface area contributed by atoms with E-state index in [2.05, 4.69) is 15.5 Å². The maximum atomic E-state index is 12.6. The second kappa shape index (κ2) is 6.00. The van der Waals surface area contributed by atoms with Gasteiger partial charge in [0.1, 0.15) is 12.4 Å². The molecule has 0 aliphatic rings. The fourth-order valence-corrected chi connectivity index (χ4v) is 2.83. The van der Waals surface area contributed by atoms with Gasteiger partial charge in [0, 0.05) is 26.4 Å². The Morgan fingerprint density at radius 1 is 1.31 bits per heavy atom. The minimum atomic E-state index is -4.49. The fraction of sp³-hybridized carbons (Fsp3) is 0.333. The molecular weight excluding hydrogens is 353 g/mol. The summed E-state index contributed by atoms with van der Waals surface area (Å²) in [5.74, 6) is -0.933. The van der Waals surface area contributed by atoms with Crippen molar-refractivity contribution in [1.29, 1.82) is 0 Å². The molecule has 1 N–H and O–H groups in total. The number of hydrogen-bond acceptors (Lipinski definition) is 4. The van der Waals surface area contributed by atoms with E-state index in [1.165, 1.54) is 15.3 Å². The topological polar surface area (TPSA) is 86.7 Å². The molecule has 3 aromatic rings. The molecule has 8 nitrogen and oxygen atoms in total. The molecular formula is C15H15F3N6O2. The van der Waals surface area contributed by atoms with Crippen LogP contribution in [-0.2, 0) is 20.6 Å². The van der Waals surface area contributed by atoms with Gasteiger partial charge in [0.25, 0.3) is 11.5 Å². The molecule has 0 bridgehead atoms. The molecule has 0 saturated carbocycles. The number of pyridine rings is 1. The van der Waals surface area contributed by atoms with Crippen LogP contribution in [0.25, 0.3) is 10.9 Å². The highest BCUT2D eigenvalue weighted by molar-refractivity contribution is 6.11. The van der Waals surface area contributed by atoms with Crippen LogP contribution >= 0.6 is 0 Å². The summed E-state index contributed by atoms with van der Waals surface area (Å²) in [5, 5.41) is 10.1. The van der Waals surface area contributed by atoms with Crippen LogP contribution < -0.4 is 10.9 Å². The van der Waals surface area contributed by atoms with E-state index in [1.807, 2.05) is 0 Å². The number of alkyl halides is 3. The van der Waals surface area contributed by atoms with Gasteiger partial charge in [0.2, 0.25) is 0 Å². The van der Waals surface area contributed by atoms with Crippen molar-refractivity contribution in [2.24, 2.45) is 14.1 Å². The average Bonchev–Trinajstić information content (AvgIpc) is 3.08. The lowest BCUT2D eigenvalue weighted by molar-refractivity contribution is -0.142. The molecule has 0 aliphatic heterocycles. The number of amides is 1. The third-order valence-electron chi connectivity index (χ3n) is 3.84. The number of anilines is 1. The fourth-order valence-electron chi connectivity index (χ4n) is 2.83. The summed E-state index contributed by atoms with van der Waals surface area (Å²) in [7, 11) is 3.13. The van der Waals surface area contributed by atoms with E-state index in [1.54, 1.807) is 27.2 Å². The summed E-state index contributed by atoms with van der Waals surface area (Å²) in [4.78, 5) is 25.0. The lowest BCUT2D eigenvalue weighted by atomic mass is 10.2. The molecule has 0 fully saturated rings. The van der Waals surface area contributed by atoms with Crippen LogP contribution in [0.3, 0.4) is 0 Å². The van der Waals surface area contributed by atoms with Gasteiger partial charge in [-0.3, -0.25) is 14.3 Å². The Morgan fingerprint density at radius 2 is 2.00 bits per heavy atom. The number of nitrogens with one attached hydrogen (secondary N) is 1. The normalized spacial score (nSPS) is 11.9. The van der Waals surface area contributed by atoms with Gasteiger partial charge in [0.15, 0.2) is 5.69 Å². The first-order chi connectivity index (χ1) is 12.1. The van der Waals surface area contributed by atoms with Gasteiger partial charge < -0.3 is 9.88 Å². The van der Waals surface area contributed by atoms with Gasteiger partial charge in [-0.1, -0.05) is 0 Å². The third kappa shape index (κ3) is 3.07. The van der Waals surface area contributed by atoms with Crippen molar-refractivity contribution >= 4 is 22.6 Å². The molecule has 0 unspecified atom stereocenters. The zero-order valence-electron chi connectivity index (χ0n) is 14.1. The summed E-state index contributed by atoms with van der Waals surface area (Å²) < 4.78 is 41.1.